The zero-order valence-corrected chi connectivity index (χ0v) is 16.4. The topological polar surface area (TPSA) is 88.4 Å². The first-order valence-electron chi connectivity index (χ1n) is 8.90. The fourth-order valence-corrected chi connectivity index (χ4v) is 4.43. The third kappa shape index (κ3) is 3.86. The van der Waals surface area contributed by atoms with Crippen molar-refractivity contribution >= 4 is 38.1 Å². The fourth-order valence-electron chi connectivity index (χ4n) is 3.16. The van der Waals surface area contributed by atoms with Crippen LogP contribution in [0.5, 0.6) is 0 Å². The van der Waals surface area contributed by atoms with E-state index in [1.165, 1.54) is 13.0 Å². The van der Waals surface area contributed by atoms with Crippen molar-refractivity contribution in [2.45, 2.75) is 11.8 Å². The molecule has 2 N–H and O–H groups in total. The number of hydrogen-bond donors (Lipinski definition) is 2. The van der Waals surface area contributed by atoms with Crippen molar-refractivity contribution in [1.82, 2.24) is 0 Å². The summed E-state index contributed by atoms with van der Waals surface area (Å²) in [6.07, 6.45) is 1.59. The first-order valence-corrected chi connectivity index (χ1v) is 10.4. The van der Waals surface area contributed by atoms with Gasteiger partial charge in [0, 0.05) is 34.6 Å². The zero-order chi connectivity index (χ0) is 20.4. The maximum Gasteiger partial charge on any atom is 0.262 e. The number of anilines is 2. The Balaban J connectivity index is 1.69. The molecule has 0 aliphatic heterocycles. The van der Waals surface area contributed by atoms with Gasteiger partial charge in [-0.15, -0.1) is 0 Å². The molecular weight excluding hydrogens is 388 g/mol. The highest BCUT2D eigenvalue weighted by Gasteiger charge is 2.19. The smallest absolute Gasteiger partial charge is 0.262 e. The third-order valence-corrected chi connectivity index (χ3v) is 5.87. The summed E-state index contributed by atoms with van der Waals surface area (Å²) in [6.45, 7) is 1.41. The second-order valence-electron chi connectivity index (χ2n) is 6.50. The Kier molecular flexibility index (Phi) is 4.82. The van der Waals surface area contributed by atoms with Crippen LogP contribution in [0.1, 0.15) is 6.92 Å². The predicted molar refractivity (Wildman–Crippen MR) is 113 cm³/mol. The first-order chi connectivity index (χ1) is 13.9. The number of furan rings is 1. The van der Waals surface area contributed by atoms with Gasteiger partial charge in [0.2, 0.25) is 5.91 Å². The summed E-state index contributed by atoms with van der Waals surface area (Å²) in [6, 6.07) is 20.7. The van der Waals surface area contributed by atoms with Crippen LogP contribution in [0.3, 0.4) is 0 Å². The molecule has 1 aromatic heterocycles. The molecule has 0 fully saturated rings. The highest BCUT2D eigenvalue weighted by Crippen LogP contribution is 2.31. The molecule has 0 unspecified atom stereocenters. The average Bonchev–Trinajstić information content (AvgIpc) is 3.23. The van der Waals surface area contributed by atoms with E-state index >= 15 is 0 Å². The lowest BCUT2D eigenvalue weighted by Crippen LogP contribution is -2.14. The van der Waals surface area contributed by atoms with Gasteiger partial charge in [-0.2, -0.15) is 0 Å². The standard InChI is InChI=1S/C22H18N2O4S/c1-15(25)23-20-12-13-22(19-6-3-2-5-18(19)20)29(26,27)24-17-10-8-16(9-11-17)21-7-4-14-28-21/h2-14,24H,1H3,(H,23,25). The van der Waals surface area contributed by atoms with Crippen LogP contribution in [0.2, 0.25) is 0 Å². The molecule has 0 atom stereocenters. The van der Waals surface area contributed by atoms with E-state index in [-0.39, 0.29) is 10.8 Å². The second-order valence-corrected chi connectivity index (χ2v) is 8.15. The molecule has 0 spiro atoms. The Morgan fingerprint density at radius 3 is 2.24 bits per heavy atom. The van der Waals surface area contributed by atoms with E-state index < -0.39 is 10.0 Å². The number of fused-ring (bicyclic) bond motifs is 1. The summed E-state index contributed by atoms with van der Waals surface area (Å²) in [5, 5.41) is 3.91. The van der Waals surface area contributed by atoms with Gasteiger partial charge in [0.25, 0.3) is 10.0 Å². The second kappa shape index (κ2) is 7.44. The van der Waals surface area contributed by atoms with E-state index in [0.29, 0.717) is 27.9 Å². The van der Waals surface area contributed by atoms with Crippen molar-refractivity contribution in [3.8, 4) is 11.3 Å². The Hall–Kier alpha value is -3.58. The Morgan fingerprint density at radius 2 is 1.59 bits per heavy atom. The number of benzene rings is 3. The minimum absolute atomic E-state index is 0.136. The van der Waals surface area contributed by atoms with Crippen LogP contribution in [-0.4, -0.2) is 14.3 Å². The van der Waals surface area contributed by atoms with Crippen molar-refractivity contribution in [2.75, 3.05) is 10.0 Å². The van der Waals surface area contributed by atoms with E-state index in [0.717, 1.165) is 5.56 Å². The summed E-state index contributed by atoms with van der Waals surface area (Å²) in [5.74, 6) is 0.486. The number of amides is 1. The molecule has 0 saturated heterocycles. The minimum atomic E-state index is -3.84. The number of carbonyl (C=O) groups excluding carboxylic acids is 1. The van der Waals surface area contributed by atoms with Crippen molar-refractivity contribution in [3.63, 3.8) is 0 Å². The molecule has 0 saturated carbocycles. The van der Waals surface area contributed by atoms with Gasteiger partial charge in [-0.3, -0.25) is 9.52 Å². The third-order valence-electron chi connectivity index (χ3n) is 4.43. The lowest BCUT2D eigenvalue weighted by atomic mass is 10.1. The van der Waals surface area contributed by atoms with Crippen LogP contribution in [0.4, 0.5) is 11.4 Å². The molecule has 0 radical (unpaired) electrons. The summed E-state index contributed by atoms with van der Waals surface area (Å²) in [7, 11) is -3.84. The van der Waals surface area contributed by atoms with E-state index in [4.69, 9.17) is 4.42 Å². The highest BCUT2D eigenvalue weighted by molar-refractivity contribution is 7.93. The minimum Gasteiger partial charge on any atom is -0.464 e. The van der Waals surface area contributed by atoms with Gasteiger partial charge >= 0.3 is 0 Å². The van der Waals surface area contributed by atoms with E-state index in [9.17, 15) is 13.2 Å². The van der Waals surface area contributed by atoms with E-state index in [2.05, 4.69) is 10.0 Å². The molecule has 29 heavy (non-hydrogen) atoms. The van der Waals surface area contributed by atoms with Crippen LogP contribution >= 0.6 is 0 Å². The number of sulfonamides is 1. The molecule has 0 aliphatic carbocycles. The summed E-state index contributed by atoms with van der Waals surface area (Å²) in [5.41, 5.74) is 1.85. The number of carbonyl (C=O) groups is 1. The van der Waals surface area contributed by atoms with Crippen molar-refractivity contribution < 1.29 is 17.6 Å². The highest BCUT2D eigenvalue weighted by atomic mass is 32.2. The normalized spacial score (nSPS) is 11.3. The molecule has 6 nitrogen and oxygen atoms in total. The SMILES string of the molecule is CC(=O)Nc1ccc(S(=O)(=O)Nc2ccc(-c3ccco3)cc2)c2ccccc12. The molecule has 1 heterocycles. The van der Waals surface area contributed by atoms with Crippen LogP contribution in [-0.2, 0) is 14.8 Å². The molecule has 3 aromatic carbocycles. The average molecular weight is 406 g/mol. The van der Waals surface area contributed by atoms with Gasteiger partial charge in [0.15, 0.2) is 0 Å². The summed E-state index contributed by atoms with van der Waals surface area (Å²) >= 11 is 0. The van der Waals surface area contributed by atoms with Gasteiger partial charge in [-0.25, -0.2) is 8.42 Å². The number of nitrogens with one attached hydrogen (secondary N) is 2. The van der Waals surface area contributed by atoms with E-state index in [1.807, 2.05) is 6.07 Å². The van der Waals surface area contributed by atoms with Crippen LogP contribution in [0.25, 0.3) is 22.1 Å². The Labute approximate surface area is 168 Å². The maximum absolute atomic E-state index is 13.0. The number of hydrogen-bond acceptors (Lipinski definition) is 4. The van der Waals surface area contributed by atoms with Gasteiger partial charge in [-0.05, 0) is 48.5 Å². The Morgan fingerprint density at radius 1 is 0.862 bits per heavy atom. The molecule has 4 rings (SSSR count). The first kappa shape index (κ1) is 18.8. The van der Waals surface area contributed by atoms with E-state index in [1.54, 1.807) is 66.9 Å². The van der Waals surface area contributed by atoms with Gasteiger partial charge < -0.3 is 9.73 Å². The van der Waals surface area contributed by atoms with Gasteiger partial charge in [0.1, 0.15) is 5.76 Å². The fraction of sp³-hybridized carbons (Fsp3) is 0.0455. The van der Waals surface area contributed by atoms with Gasteiger partial charge in [0.05, 0.1) is 11.2 Å². The van der Waals surface area contributed by atoms with Gasteiger partial charge in [-0.1, -0.05) is 24.3 Å². The van der Waals surface area contributed by atoms with Crippen LogP contribution in [0.15, 0.2) is 88.4 Å². The quantitative estimate of drug-likeness (QED) is 0.495. The zero-order valence-electron chi connectivity index (χ0n) is 15.5. The summed E-state index contributed by atoms with van der Waals surface area (Å²) < 4.78 is 34.1. The molecule has 1 amide bonds. The molecule has 0 aliphatic rings. The lowest BCUT2D eigenvalue weighted by Gasteiger charge is -2.13. The van der Waals surface area contributed by atoms with Crippen LogP contribution in [0, 0.1) is 0 Å². The molecule has 7 heteroatoms. The lowest BCUT2D eigenvalue weighted by molar-refractivity contribution is -0.114. The monoisotopic (exact) mass is 406 g/mol. The van der Waals surface area contributed by atoms with Crippen molar-refractivity contribution in [1.29, 1.82) is 0 Å². The van der Waals surface area contributed by atoms with Crippen molar-refractivity contribution in [2.24, 2.45) is 0 Å². The number of rotatable bonds is 5. The Bertz CT molecular complexity index is 1280. The molecule has 0 bridgehead atoms. The van der Waals surface area contributed by atoms with Crippen LogP contribution < -0.4 is 10.0 Å². The maximum atomic E-state index is 13.0. The molecule has 4 aromatic rings. The van der Waals surface area contributed by atoms with Crippen molar-refractivity contribution in [3.05, 3.63) is 79.1 Å². The summed E-state index contributed by atoms with van der Waals surface area (Å²) in [4.78, 5) is 11.6. The largest absolute Gasteiger partial charge is 0.464 e. The predicted octanol–water partition coefficient (Wildman–Crippen LogP) is 4.86. The molecular formula is C22H18N2O4S. The molecule has 146 valence electrons.